The maximum atomic E-state index is 13.0. The molecule has 0 heterocycles. The number of benzene rings is 1. The molecule has 0 aliphatic heterocycles. The molecule has 0 saturated carbocycles. The summed E-state index contributed by atoms with van der Waals surface area (Å²) in [6.45, 7) is 3.41. The Kier molecular flexibility index (Phi) is 11.9. The molecule has 1 aromatic carbocycles. The van der Waals surface area contributed by atoms with Crippen molar-refractivity contribution >= 4 is 23.7 Å². The van der Waals surface area contributed by atoms with E-state index in [1.54, 1.807) is 26.0 Å². The summed E-state index contributed by atoms with van der Waals surface area (Å²) >= 11 is 0. The van der Waals surface area contributed by atoms with Crippen LogP contribution in [0.2, 0.25) is 0 Å². The Morgan fingerprint density at radius 1 is 0.909 bits per heavy atom. The third-order valence-corrected chi connectivity index (χ3v) is 5.02. The molecule has 0 aromatic heterocycles. The molecule has 0 fully saturated rings. The Hall–Kier alpha value is -3.18. The Balaban J connectivity index is 3.03. The van der Waals surface area contributed by atoms with E-state index in [9.17, 15) is 29.4 Å². The summed E-state index contributed by atoms with van der Waals surface area (Å²) in [5.74, 6) is -3.28. The number of nitrogens with two attached hydrogens (primary N) is 2. The first-order valence-corrected chi connectivity index (χ1v) is 10.9. The van der Waals surface area contributed by atoms with Gasteiger partial charge in [-0.2, -0.15) is 0 Å². The average molecular weight is 466 g/mol. The Labute approximate surface area is 193 Å². The van der Waals surface area contributed by atoms with Crippen LogP contribution in [-0.2, 0) is 25.6 Å². The zero-order valence-electron chi connectivity index (χ0n) is 19.0. The normalized spacial score (nSPS) is 13.6. The van der Waals surface area contributed by atoms with Crippen LogP contribution in [0.1, 0.15) is 38.7 Å². The van der Waals surface area contributed by atoms with Crippen LogP contribution in [0, 0.1) is 5.92 Å². The van der Waals surface area contributed by atoms with Gasteiger partial charge >= 0.3 is 5.97 Å². The zero-order valence-corrected chi connectivity index (χ0v) is 19.0. The van der Waals surface area contributed by atoms with Crippen molar-refractivity contribution in [3.8, 4) is 5.75 Å². The molecule has 0 radical (unpaired) electrons. The van der Waals surface area contributed by atoms with Crippen molar-refractivity contribution in [3.05, 3.63) is 29.8 Å². The molecule has 3 unspecified atom stereocenters. The third kappa shape index (κ3) is 9.87. The highest BCUT2D eigenvalue weighted by atomic mass is 16.4. The molecule has 0 aliphatic rings. The summed E-state index contributed by atoms with van der Waals surface area (Å²) in [7, 11) is 0. The molecule has 3 atom stereocenters. The fourth-order valence-electron chi connectivity index (χ4n) is 3.13. The van der Waals surface area contributed by atoms with Crippen LogP contribution in [-0.4, -0.2) is 65.1 Å². The van der Waals surface area contributed by atoms with E-state index in [-0.39, 0.29) is 31.1 Å². The predicted molar refractivity (Wildman–Crippen MR) is 122 cm³/mol. The van der Waals surface area contributed by atoms with Crippen LogP contribution in [0.4, 0.5) is 0 Å². The quantitative estimate of drug-likeness (QED) is 0.174. The fraction of sp³-hybridized carbons (Fsp3) is 0.545. The van der Waals surface area contributed by atoms with E-state index in [1.165, 1.54) is 12.1 Å². The van der Waals surface area contributed by atoms with E-state index in [4.69, 9.17) is 11.5 Å². The molecule has 1 aromatic rings. The lowest BCUT2D eigenvalue weighted by atomic mass is 10.0. The first kappa shape index (κ1) is 27.9. The summed E-state index contributed by atoms with van der Waals surface area (Å²) in [6.07, 6.45) is 1.49. The van der Waals surface area contributed by atoms with Gasteiger partial charge in [-0.3, -0.25) is 14.4 Å². The molecular formula is C22H35N5O6. The lowest BCUT2D eigenvalue weighted by Crippen LogP contribution is -2.57. The van der Waals surface area contributed by atoms with E-state index in [0.717, 1.165) is 0 Å². The van der Waals surface area contributed by atoms with E-state index in [0.29, 0.717) is 24.9 Å². The lowest BCUT2D eigenvalue weighted by molar-refractivity contribution is -0.143. The van der Waals surface area contributed by atoms with Gasteiger partial charge in [-0.1, -0.05) is 26.0 Å². The van der Waals surface area contributed by atoms with Crippen molar-refractivity contribution in [3.63, 3.8) is 0 Å². The smallest absolute Gasteiger partial charge is 0.326 e. The van der Waals surface area contributed by atoms with Gasteiger partial charge in [0.25, 0.3) is 0 Å². The summed E-state index contributed by atoms with van der Waals surface area (Å²) in [5, 5.41) is 26.5. The minimum absolute atomic E-state index is 0.0560. The van der Waals surface area contributed by atoms with Crippen molar-refractivity contribution in [2.45, 2.75) is 57.7 Å². The van der Waals surface area contributed by atoms with Gasteiger partial charge in [0.2, 0.25) is 17.7 Å². The molecule has 33 heavy (non-hydrogen) atoms. The number of amides is 3. The SMILES string of the molecule is CC(C)C(NC(=O)C(CCCCN)NC(=O)C(Cc1ccc(O)cc1)NC(=O)CN)C(=O)O. The van der Waals surface area contributed by atoms with E-state index in [2.05, 4.69) is 16.0 Å². The molecule has 1 rings (SSSR count). The van der Waals surface area contributed by atoms with Gasteiger partial charge < -0.3 is 37.6 Å². The van der Waals surface area contributed by atoms with Crippen LogP contribution in [0.15, 0.2) is 24.3 Å². The molecule has 0 spiro atoms. The Bertz CT molecular complexity index is 799. The first-order valence-electron chi connectivity index (χ1n) is 10.9. The summed E-state index contributed by atoms with van der Waals surface area (Å²) < 4.78 is 0. The second kappa shape index (κ2) is 14.1. The Morgan fingerprint density at radius 3 is 2.03 bits per heavy atom. The van der Waals surface area contributed by atoms with Gasteiger partial charge in [-0.25, -0.2) is 4.79 Å². The topological polar surface area (TPSA) is 197 Å². The molecule has 0 bridgehead atoms. The highest BCUT2D eigenvalue weighted by Crippen LogP contribution is 2.12. The minimum Gasteiger partial charge on any atom is -0.508 e. The van der Waals surface area contributed by atoms with Gasteiger partial charge in [-0.05, 0) is 49.4 Å². The molecular weight excluding hydrogens is 430 g/mol. The number of nitrogens with one attached hydrogen (secondary N) is 3. The van der Waals surface area contributed by atoms with Crippen molar-refractivity contribution in [2.75, 3.05) is 13.1 Å². The molecule has 11 heteroatoms. The van der Waals surface area contributed by atoms with Crippen molar-refractivity contribution in [1.29, 1.82) is 0 Å². The number of unbranched alkanes of at least 4 members (excludes halogenated alkanes) is 1. The summed E-state index contributed by atoms with van der Waals surface area (Å²) in [6, 6.07) is 2.96. The molecule has 184 valence electrons. The van der Waals surface area contributed by atoms with Crippen molar-refractivity contribution in [2.24, 2.45) is 17.4 Å². The number of carbonyl (C=O) groups excluding carboxylic acids is 3. The Morgan fingerprint density at radius 2 is 1.52 bits per heavy atom. The highest BCUT2D eigenvalue weighted by Gasteiger charge is 2.30. The van der Waals surface area contributed by atoms with Crippen LogP contribution in [0.25, 0.3) is 0 Å². The van der Waals surface area contributed by atoms with Crippen LogP contribution < -0.4 is 27.4 Å². The van der Waals surface area contributed by atoms with E-state index >= 15 is 0 Å². The van der Waals surface area contributed by atoms with Gasteiger partial charge in [0.15, 0.2) is 0 Å². The number of phenolic OH excluding ortho intramolecular Hbond substituents is 1. The average Bonchev–Trinajstić information content (AvgIpc) is 2.76. The largest absolute Gasteiger partial charge is 0.508 e. The number of rotatable bonds is 14. The number of carbonyl (C=O) groups is 4. The lowest BCUT2D eigenvalue weighted by Gasteiger charge is -2.25. The minimum atomic E-state index is -1.18. The molecule has 0 aliphatic carbocycles. The van der Waals surface area contributed by atoms with E-state index < -0.39 is 41.8 Å². The number of aliphatic carboxylic acids is 1. The number of carboxylic acids is 1. The monoisotopic (exact) mass is 465 g/mol. The van der Waals surface area contributed by atoms with Crippen molar-refractivity contribution < 1.29 is 29.4 Å². The van der Waals surface area contributed by atoms with Crippen molar-refractivity contribution in [1.82, 2.24) is 16.0 Å². The number of hydrogen-bond donors (Lipinski definition) is 7. The van der Waals surface area contributed by atoms with Gasteiger partial charge in [0.1, 0.15) is 23.9 Å². The van der Waals surface area contributed by atoms with Crippen LogP contribution in [0.5, 0.6) is 5.75 Å². The second-order valence-electron chi connectivity index (χ2n) is 8.11. The van der Waals surface area contributed by atoms with Crippen LogP contribution in [0.3, 0.4) is 0 Å². The van der Waals surface area contributed by atoms with Gasteiger partial charge in [0, 0.05) is 6.42 Å². The zero-order chi connectivity index (χ0) is 25.0. The van der Waals surface area contributed by atoms with Gasteiger partial charge in [0.05, 0.1) is 6.54 Å². The fourth-order valence-corrected chi connectivity index (χ4v) is 3.13. The number of aromatic hydroxyl groups is 1. The highest BCUT2D eigenvalue weighted by molar-refractivity contribution is 5.93. The third-order valence-electron chi connectivity index (χ3n) is 5.02. The number of carboxylic acid groups (broad SMARTS) is 1. The number of hydrogen-bond acceptors (Lipinski definition) is 7. The molecule has 11 nitrogen and oxygen atoms in total. The standard InChI is InChI=1S/C22H35N5O6/c1-13(2)19(22(32)33)27-20(30)16(5-3-4-10-23)26-21(31)17(25-18(29)12-24)11-14-6-8-15(28)9-7-14/h6-9,13,16-17,19,28H,3-5,10-12,23-24H2,1-2H3,(H,25,29)(H,26,31)(H,27,30)(H,32,33). The van der Waals surface area contributed by atoms with Gasteiger partial charge in [-0.15, -0.1) is 0 Å². The summed E-state index contributed by atoms with van der Waals surface area (Å²) in [4.78, 5) is 49.2. The maximum absolute atomic E-state index is 13.0. The molecule has 3 amide bonds. The predicted octanol–water partition coefficient (Wildman–Crippen LogP) is -0.783. The van der Waals surface area contributed by atoms with E-state index in [1.807, 2.05) is 0 Å². The first-order chi connectivity index (χ1) is 15.6. The summed E-state index contributed by atoms with van der Waals surface area (Å²) in [5.41, 5.74) is 11.6. The van der Waals surface area contributed by atoms with Crippen LogP contribution >= 0.6 is 0 Å². The molecule has 0 saturated heterocycles. The molecule has 9 N–H and O–H groups in total. The maximum Gasteiger partial charge on any atom is 0.326 e. The number of phenols is 1. The second-order valence-corrected chi connectivity index (χ2v) is 8.11.